The molecule has 0 radical (unpaired) electrons. The van der Waals surface area contributed by atoms with E-state index in [9.17, 15) is 9.59 Å². The molecule has 0 saturated heterocycles. The lowest BCUT2D eigenvalue weighted by Crippen LogP contribution is -2.10. The molecule has 0 aromatic rings. The maximum Gasteiger partial charge on any atom is 0.330 e. The smallest absolute Gasteiger partial charge is 0.330 e. The van der Waals surface area contributed by atoms with Crippen LogP contribution in [0.25, 0.3) is 0 Å². The molecule has 15 heavy (non-hydrogen) atoms. The van der Waals surface area contributed by atoms with Crippen molar-refractivity contribution in [3.8, 4) is 0 Å². The molecule has 0 rings (SSSR count). The summed E-state index contributed by atoms with van der Waals surface area (Å²) in [5.41, 5.74) is 0. The van der Waals surface area contributed by atoms with Crippen molar-refractivity contribution < 1.29 is 19.1 Å². The fraction of sp³-hybridized carbons (Fsp3) is 0.455. The highest BCUT2D eigenvalue weighted by Crippen LogP contribution is 1.95. The van der Waals surface area contributed by atoms with Crippen molar-refractivity contribution in [3.05, 3.63) is 25.3 Å². The molecule has 0 N–H and O–H groups in total. The first-order chi connectivity index (χ1) is 7.01. The molecule has 4 heteroatoms. The number of hydrogen-bond acceptors (Lipinski definition) is 4. The number of carbonyl (C=O) groups is 2. The minimum absolute atomic E-state index is 0.00972. The molecule has 0 aliphatic carbocycles. The van der Waals surface area contributed by atoms with Gasteiger partial charge in [0.25, 0.3) is 0 Å². The van der Waals surface area contributed by atoms with Crippen LogP contribution in [0.2, 0.25) is 0 Å². The Hall–Kier alpha value is -1.58. The maximum absolute atomic E-state index is 10.4. The fourth-order valence-corrected chi connectivity index (χ4v) is 0.413. The van der Waals surface area contributed by atoms with Gasteiger partial charge >= 0.3 is 11.9 Å². The first kappa shape index (κ1) is 15.9. The second-order valence-electron chi connectivity index (χ2n) is 2.59. The SMILES string of the molecule is C=CC(=O)OC.C=CC(=O)OC(C)CC. The predicted octanol–water partition coefficient (Wildman–Crippen LogP) is 1.86. The van der Waals surface area contributed by atoms with Crippen LogP contribution in [-0.2, 0) is 19.1 Å². The average molecular weight is 214 g/mol. The molecule has 0 spiro atoms. The lowest BCUT2D eigenvalue weighted by Gasteiger charge is -2.07. The zero-order chi connectivity index (χ0) is 12.3. The van der Waals surface area contributed by atoms with Gasteiger partial charge in [-0.2, -0.15) is 0 Å². The van der Waals surface area contributed by atoms with Crippen LogP contribution in [0.15, 0.2) is 25.3 Å². The van der Waals surface area contributed by atoms with E-state index in [2.05, 4.69) is 17.9 Å². The van der Waals surface area contributed by atoms with Gasteiger partial charge in [0.15, 0.2) is 0 Å². The van der Waals surface area contributed by atoms with Gasteiger partial charge in [-0.3, -0.25) is 0 Å². The van der Waals surface area contributed by atoms with Gasteiger partial charge in [0, 0.05) is 12.2 Å². The summed E-state index contributed by atoms with van der Waals surface area (Å²) < 4.78 is 8.93. The second kappa shape index (κ2) is 10.5. The molecular formula is C11H18O4. The van der Waals surface area contributed by atoms with Gasteiger partial charge in [-0.05, 0) is 13.3 Å². The Morgan fingerprint density at radius 1 is 1.27 bits per heavy atom. The van der Waals surface area contributed by atoms with E-state index in [1.54, 1.807) is 0 Å². The summed E-state index contributed by atoms with van der Waals surface area (Å²) in [4.78, 5) is 20.3. The minimum Gasteiger partial charge on any atom is -0.466 e. The molecule has 0 aliphatic rings. The van der Waals surface area contributed by atoms with Gasteiger partial charge in [-0.1, -0.05) is 20.1 Å². The molecule has 0 fully saturated rings. The topological polar surface area (TPSA) is 52.6 Å². The molecule has 0 aliphatic heterocycles. The van der Waals surface area contributed by atoms with Crippen LogP contribution in [0, 0.1) is 0 Å². The molecule has 0 bridgehead atoms. The summed E-state index contributed by atoms with van der Waals surface area (Å²) >= 11 is 0. The standard InChI is InChI=1S/C7H12O2.C4H6O2/c1-4-6(3)9-7(8)5-2;1-3-4(5)6-2/h5-6H,2,4H2,1,3H3;3H,1H2,2H3. The molecule has 4 nitrogen and oxygen atoms in total. The number of carbonyl (C=O) groups excluding carboxylic acids is 2. The number of rotatable bonds is 4. The normalized spacial score (nSPS) is 10.1. The zero-order valence-corrected chi connectivity index (χ0v) is 9.49. The van der Waals surface area contributed by atoms with E-state index >= 15 is 0 Å². The van der Waals surface area contributed by atoms with Crippen LogP contribution >= 0.6 is 0 Å². The Bertz CT molecular complexity index is 221. The van der Waals surface area contributed by atoms with Gasteiger partial charge in [0.2, 0.25) is 0 Å². The molecular weight excluding hydrogens is 196 g/mol. The highest BCUT2D eigenvalue weighted by molar-refractivity contribution is 5.81. The van der Waals surface area contributed by atoms with Crippen LogP contribution < -0.4 is 0 Å². The number of methoxy groups -OCH3 is 1. The van der Waals surface area contributed by atoms with Crippen LogP contribution in [0.3, 0.4) is 0 Å². The van der Waals surface area contributed by atoms with Gasteiger partial charge < -0.3 is 9.47 Å². The quantitative estimate of drug-likeness (QED) is 0.529. The van der Waals surface area contributed by atoms with E-state index in [4.69, 9.17) is 4.74 Å². The Morgan fingerprint density at radius 2 is 1.73 bits per heavy atom. The molecule has 1 atom stereocenters. The Kier molecular flexibility index (Phi) is 11.1. The summed E-state index contributed by atoms with van der Waals surface area (Å²) in [6.45, 7) is 10.2. The molecule has 0 aromatic carbocycles. The van der Waals surface area contributed by atoms with Gasteiger partial charge in [0.1, 0.15) is 0 Å². The Balaban J connectivity index is 0. The summed E-state index contributed by atoms with van der Waals surface area (Å²) in [6, 6.07) is 0. The van der Waals surface area contributed by atoms with E-state index in [0.29, 0.717) is 0 Å². The number of ether oxygens (including phenoxy) is 2. The van der Waals surface area contributed by atoms with Crippen LogP contribution in [0.5, 0.6) is 0 Å². The minimum atomic E-state index is -0.394. The Morgan fingerprint density at radius 3 is 1.93 bits per heavy atom. The molecule has 0 aromatic heterocycles. The molecule has 0 saturated carbocycles. The summed E-state index contributed by atoms with van der Waals surface area (Å²) in [7, 11) is 1.31. The highest BCUT2D eigenvalue weighted by atomic mass is 16.5. The highest BCUT2D eigenvalue weighted by Gasteiger charge is 2.01. The number of esters is 2. The van der Waals surface area contributed by atoms with E-state index in [1.807, 2.05) is 13.8 Å². The first-order valence-corrected chi connectivity index (χ1v) is 4.55. The largest absolute Gasteiger partial charge is 0.466 e. The fourth-order valence-electron chi connectivity index (χ4n) is 0.413. The maximum atomic E-state index is 10.4. The monoisotopic (exact) mass is 214 g/mol. The van der Waals surface area contributed by atoms with Gasteiger partial charge in [0.05, 0.1) is 13.2 Å². The van der Waals surface area contributed by atoms with Crippen LogP contribution in [0.1, 0.15) is 20.3 Å². The Labute approximate surface area is 90.6 Å². The molecule has 0 amide bonds. The van der Waals surface area contributed by atoms with Crippen LogP contribution in [-0.4, -0.2) is 25.2 Å². The third-order valence-electron chi connectivity index (χ3n) is 1.43. The molecule has 86 valence electrons. The lowest BCUT2D eigenvalue weighted by atomic mass is 10.3. The van der Waals surface area contributed by atoms with Gasteiger partial charge in [-0.25, -0.2) is 9.59 Å². The van der Waals surface area contributed by atoms with E-state index < -0.39 is 5.97 Å². The molecule has 0 heterocycles. The predicted molar refractivity (Wildman–Crippen MR) is 58.3 cm³/mol. The lowest BCUT2D eigenvalue weighted by molar-refractivity contribution is -0.142. The third kappa shape index (κ3) is 12.4. The summed E-state index contributed by atoms with van der Waals surface area (Å²) in [5, 5.41) is 0. The van der Waals surface area contributed by atoms with Crippen molar-refractivity contribution in [2.75, 3.05) is 7.11 Å². The van der Waals surface area contributed by atoms with Crippen molar-refractivity contribution in [1.82, 2.24) is 0 Å². The first-order valence-electron chi connectivity index (χ1n) is 4.55. The van der Waals surface area contributed by atoms with Gasteiger partial charge in [-0.15, -0.1) is 0 Å². The van der Waals surface area contributed by atoms with Crippen molar-refractivity contribution in [1.29, 1.82) is 0 Å². The number of hydrogen-bond donors (Lipinski definition) is 0. The van der Waals surface area contributed by atoms with Crippen LogP contribution in [0.4, 0.5) is 0 Å². The van der Waals surface area contributed by atoms with E-state index in [1.165, 1.54) is 13.2 Å². The van der Waals surface area contributed by atoms with Crippen molar-refractivity contribution in [2.45, 2.75) is 26.4 Å². The van der Waals surface area contributed by atoms with Crippen molar-refractivity contribution in [2.24, 2.45) is 0 Å². The zero-order valence-electron chi connectivity index (χ0n) is 9.49. The average Bonchev–Trinajstić information content (AvgIpc) is 2.28. The van der Waals surface area contributed by atoms with Crippen molar-refractivity contribution in [3.63, 3.8) is 0 Å². The molecule has 1 unspecified atom stereocenters. The summed E-state index contributed by atoms with van der Waals surface area (Å²) in [6.07, 6.45) is 3.14. The second-order valence-corrected chi connectivity index (χ2v) is 2.59. The van der Waals surface area contributed by atoms with Crippen molar-refractivity contribution >= 4 is 11.9 Å². The van der Waals surface area contributed by atoms with E-state index in [0.717, 1.165) is 12.5 Å². The van der Waals surface area contributed by atoms with E-state index in [-0.39, 0.29) is 12.1 Å². The summed E-state index contributed by atoms with van der Waals surface area (Å²) in [5.74, 6) is -0.737. The third-order valence-corrected chi connectivity index (χ3v) is 1.43.